The largest absolute Gasteiger partial charge is 0.333 e. The molecule has 6 heteroatoms. The van der Waals surface area contributed by atoms with E-state index in [0.29, 0.717) is 18.3 Å². The van der Waals surface area contributed by atoms with E-state index in [4.69, 9.17) is 4.52 Å². The van der Waals surface area contributed by atoms with Crippen LogP contribution >= 0.6 is 27.3 Å². The molecule has 2 heterocycles. The molecule has 0 saturated carbocycles. The summed E-state index contributed by atoms with van der Waals surface area (Å²) in [5.74, 6) is 1.25. The summed E-state index contributed by atoms with van der Waals surface area (Å²) in [7, 11) is 1.85. The number of thiophene rings is 1. The van der Waals surface area contributed by atoms with Crippen LogP contribution in [0.5, 0.6) is 0 Å². The Morgan fingerprint density at radius 3 is 3.07 bits per heavy atom. The molecule has 0 unspecified atom stereocenters. The molecule has 0 aliphatic carbocycles. The molecule has 0 aromatic carbocycles. The fourth-order valence-corrected chi connectivity index (χ4v) is 2.32. The topological polar surface area (TPSA) is 51.0 Å². The average molecular weight is 274 g/mol. The van der Waals surface area contributed by atoms with Gasteiger partial charge in [-0.2, -0.15) is 4.98 Å². The molecule has 0 aliphatic heterocycles. The molecule has 1 N–H and O–H groups in total. The van der Waals surface area contributed by atoms with Gasteiger partial charge in [0.15, 0.2) is 5.82 Å². The summed E-state index contributed by atoms with van der Waals surface area (Å²) in [6.45, 7) is 0.621. The van der Waals surface area contributed by atoms with E-state index in [1.54, 1.807) is 11.3 Å². The van der Waals surface area contributed by atoms with Crippen LogP contribution in [0, 0.1) is 0 Å². The van der Waals surface area contributed by atoms with Crippen molar-refractivity contribution >= 4 is 27.3 Å². The van der Waals surface area contributed by atoms with E-state index in [2.05, 4.69) is 31.4 Å². The van der Waals surface area contributed by atoms with Crippen molar-refractivity contribution in [1.82, 2.24) is 15.5 Å². The normalized spacial score (nSPS) is 10.7. The van der Waals surface area contributed by atoms with Gasteiger partial charge >= 0.3 is 0 Å². The van der Waals surface area contributed by atoms with Gasteiger partial charge in [0.05, 0.1) is 15.2 Å². The van der Waals surface area contributed by atoms with Gasteiger partial charge in [0, 0.05) is 0 Å². The van der Waals surface area contributed by atoms with Gasteiger partial charge in [-0.1, -0.05) is 5.16 Å². The SMILES string of the molecule is CNCc1noc(-c2ccc(Br)s2)n1. The van der Waals surface area contributed by atoms with Gasteiger partial charge in [-0.15, -0.1) is 11.3 Å². The van der Waals surface area contributed by atoms with Crippen LogP contribution in [-0.4, -0.2) is 17.2 Å². The van der Waals surface area contributed by atoms with Crippen LogP contribution in [0.1, 0.15) is 5.82 Å². The van der Waals surface area contributed by atoms with Crippen LogP contribution in [-0.2, 0) is 6.54 Å². The first-order chi connectivity index (χ1) is 6.79. The van der Waals surface area contributed by atoms with Crippen molar-refractivity contribution in [3.8, 4) is 10.8 Å². The molecule has 2 aromatic heterocycles. The summed E-state index contributed by atoms with van der Waals surface area (Å²) in [5.41, 5.74) is 0. The molecular formula is C8H8BrN3OS. The van der Waals surface area contributed by atoms with Crippen molar-refractivity contribution in [2.24, 2.45) is 0 Å². The fourth-order valence-electron chi connectivity index (χ4n) is 1.01. The Hall–Kier alpha value is -0.720. The van der Waals surface area contributed by atoms with Crippen molar-refractivity contribution in [1.29, 1.82) is 0 Å². The highest BCUT2D eigenvalue weighted by Gasteiger charge is 2.09. The Balaban J connectivity index is 2.24. The first-order valence-electron chi connectivity index (χ1n) is 4.02. The van der Waals surface area contributed by atoms with Gasteiger partial charge in [0.25, 0.3) is 5.89 Å². The summed E-state index contributed by atoms with van der Waals surface area (Å²) in [6.07, 6.45) is 0. The van der Waals surface area contributed by atoms with Gasteiger partial charge in [-0.05, 0) is 35.1 Å². The molecule has 74 valence electrons. The second-order valence-corrected chi connectivity index (χ2v) is 5.11. The molecule has 2 rings (SSSR count). The van der Waals surface area contributed by atoms with Crippen LogP contribution < -0.4 is 5.32 Å². The lowest BCUT2D eigenvalue weighted by molar-refractivity contribution is 0.421. The third kappa shape index (κ3) is 2.02. The van der Waals surface area contributed by atoms with Gasteiger partial charge in [-0.25, -0.2) is 0 Å². The molecule has 0 aliphatic rings. The predicted octanol–water partition coefficient (Wildman–Crippen LogP) is 2.28. The van der Waals surface area contributed by atoms with E-state index in [9.17, 15) is 0 Å². The lowest BCUT2D eigenvalue weighted by atomic mass is 10.5. The summed E-state index contributed by atoms with van der Waals surface area (Å²) >= 11 is 4.96. The third-order valence-electron chi connectivity index (χ3n) is 1.59. The first-order valence-corrected chi connectivity index (χ1v) is 5.63. The van der Waals surface area contributed by atoms with Crippen LogP contribution in [0.25, 0.3) is 10.8 Å². The smallest absolute Gasteiger partial charge is 0.268 e. The number of hydrogen-bond acceptors (Lipinski definition) is 5. The second kappa shape index (κ2) is 4.20. The molecule has 2 aromatic rings. The summed E-state index contributed by atoms with van der Waals surface area (Å²) in [6, 6.07) is 3.91. The number of hydrogen-bond donors (Lipinski definition) is 1. The van der Waals surface area contributed by atoms with Crippen LogP contribution in [0.3, 0.4) is 0 Å². The lowest BCUT2D eigenvalue weighted by Crippen LogP contribution is -2.06. The molecule has 0 saturated heterocycles. The van der Waals surface area contributed by atoms with Crippen molar-refractivity contribution in [2.45, 2.75) is 6.54 Å². The zero-order valence-corrected chi connectivity index (χ0v) is 9.85. The maximum absolute atomic E-state index is 5.11. The zero-order valence-electron chi connectivity index (χ0n) is 7.45. The monoisotopic (exact) mass is 273 g/mol. The highest BCUT2D eigenvalue weighted by molar-refractivity contribution is 9.11. The Labute approximate surface area is 93.5 Å². The van der Waals surface area contributed by atoms with Crippen molar-refractivity contribution in [3.63, 3.8) is 0 Å². The van der Waals surface area contributed by atoms with Crippen molar-refractivity contribution in [3.05, 3.63) is 21.7 Å². The highest BCUT2D eigenvalue weighted by Crippen LogP contribution is 2.29. The van der Waals surface area contributed by atoms with Crippen LogP contribution in [0.2, 0.25) is 0 Å². The van der Waals surface area contributed by atoms with E-state index in [0.717, 1.165) is 8.66 Å². The van der Waals surface area contributed by atoms with E-state index >= 15 is 0 Å². The minimum atomic E-state index is 0.575. The summed E-state index contributed by atoms with van der Waals surface area (Å²) in [4.78, 5) is 5.21. The molecule has 0 fully saturated rings. The number of nitrogens with one attached hydrogen (secondary N) is 1. The van der Waals surface area contributed by atoms with Crippen LogP contribution in [0.15, 0.2) is 20.4 Å². The van der Waals surface area contributed by atoms with E-state index < -0.39 is 0 Å². The van der Waals surface area contributed by atoms with Gasteiger partial charge in [0.1, 0.15) is 0 Å². The standard InChI is InChI=1S/C8H8BrN3OS/c1-10-4-7-11-8(13-12-7)5-2-3-6(9)14-5/h2-3,10H,4H2,1H3. The lowest BCUT2D eigenvalue weighted by Gasteiger charge is -1.86. The van der Waals surface area contributed by atoms with Gasteiger partial charge in [-0.3, -0.25) is 0 Å². The predicted molar refractivity (Wildman–Crippen MR) is 58.1 cm³/mol. The average Bonchev–Trinajstić information content (AvgIpc) is 2.74. The van der Waals surface area contributed by atoms with Crippen molar-refractivity contribution in [2.75, 3.05) is 7.05 Å². The van der Waals surface area contributed by atoms with Crippen LogP contribution in [0.4, 0.5) is 0 Å². The second-order valence-electron chi connectivity index (χ2n) is 2.65. The van der Waals surface area contributed by atoms with E-state index in [1.807, 2.05) is 19.2 Å². The fraction of sp³-hybridized carbons (Fsp3) is 0.250. The third-order valence-corrected chi connectivity index (χ3v) is 3.20. The summed E-state index contributed by atoms with van der Waals surface area (Å²) < 4.78 is 6.16. The number of nitrogens with zero attached hydrogens (tertiary/aromatic N) is 2. The zero-order chi connectivity index (χ0) is 9.97. The Morgan fingerprint density at radius 1 is 1.57 bits per heavy atom. The number of halogens is 1. The Bertz CT molecular complexity index is 426. The van der Waals surface area contributed by atoms with Crippen molar-refractivity contribution < 1.29 is 4.52 Å². The maximum atomic E-state index is 5.11. The maximum Gasteiger partial charge on any atom is 0.268 e. The molecule has 14 heavy (non-hydrogen) atoms. The molecule has 0 bridgehead atoms. The van der Waals surface area contributed by atoms with E-state index in [-0.39, 0.29) is 0 Å². The van der Waals surface area contributed by atoms with Gasteiger partial charge in [0.2, 0.25) is 0 Å². The molecule has 0 atom stereocenters. The molecule has 0 amide bonds. The molecular weight excluding hydrogens is 266 g/mol. The Kier molecular flexibility index (Phi) is 2.95. The molecule has 0 radical (unpaired) electrons. The summed E-state index contributed by atoms with van der Waals surface area (Å²) in [5, 5.41) is 6.80. The highest BCUT2D eigenvalue weighted by atomic mass is 79.9. The van der Waals surface area contributed by atoms with E-state index in [1.165, 1.54) is 0 Å². The minimum absolute atomic E-state index is 0.575. The number of aromatic nitrogens is 2. The minimum Gasteiger partial charge on any atom is -0.333 e. The molecule has 0 spiro atoms. The molecule has 4 nitrogen and oxygen atoms in total. The number of rotatable bonds is 3. The van der Waals surface area contributed by atoms with Gasteiger partial charge < -0.3 is 9.84 Å². The quantitative estimate of drug-likeness (QED) is 0.932. The Morgan fingerprint density at radius 2 is 2.43 bits per heavy atom. The first kappa shape index (κ1) is 9.82.